The molecular weight excluding hydrogens is 410 g/mol. The molecule has 0 radical (unpaired) electrons. The topological polar surface area (TPSA) is 83.8 Å². The van der Waals surface area contributed by atoms with Crippen LogP contribution in [0.25, 0.3) is 0 Å². The fraction of sp³-hybridized carbons (Fsp3) is 0.417. The van der Waals surface area contributed by atoms with Crippen LogP contribution < -0.4 is 14.2 Å². The van der Waals surface area contributed by atoms with Crippen molar-refractivity contribution in [3.8, 4) is 23.0 Å². The molecule has 0 aliphatic carbocycles. The van der Waals surface area contributed by atoms with Crippen LogP contribution in [0.4, 0.5) is 0 Å². The summed E-state index contributed by atoms with van der Waals surface area (Å²) >= 11 is 0. The van der Waals surface area contributed by atoms with E-state index in [-0.39, 0.29) is 17.7 Å². The predicted octanol–water partition coefficient (Wildman–Crippen LogP) is 3.29. The molecule has 3 heterocycles. The van der Waals surface area contributed by atoms with E-state index in [1.807, 2.05) is 29.2 Å². The van der Waals surface area contributed by atoms with Gasteiger partial charge in [-0.2, -0.15) is 5.10 Å². The Morgan fingerprint density at radius 1 is 1.16 bits per heavy atom. The Kier molecular flexibility index (Phi) is 4.87. The lowest BCUT2D eigenvalue weighted by Crippen LogP contribution is -2.59. The molecule has 5 rings (SSSR count). The maximum absolute atomic E-state index is 11.9. The van der Waals surface area contributed by atoms with Gasteiger partial charge in [-0.05, 0) is 24.3 Å². The van der Waals surface area contributed by atoms with E-state index in [1.165, 1.54) is 7.11 Å². The van der Waals surface area contributed by atoms with Crippen molar-refractivity contribution in [2.24, 2.45) is 5.10 Å². The minimum Gasteiger partial charge on any atom is -0.504 e. The summed E-state index contributed by atoms with van der Waals surface area (Å²) in [6.07, 6.45) is 1.99. The fourth-order valence-electron chi connectivity index (χ4n) is 4.96. The van der Waals surface area contributed by atoms with Crippen LogP contribution in [0, 0.1) is 0 Å². The number of phenolic OH excluding ortho intramolecular Hbond substituents is 1. The van der Waals surface area contributed by atoms with Gasteiger partial charge in [-0.1, -0.05) is 12.1 Å². The second-order valence-electron chi connectivity index (χ2n) is 8.43. The number of fused-ring (bicyclic) bond motifs is 4. The van der Waals surface area contributed by atoms with E-state index >= 15 is 0 Å². The zero-order chi connectivity index (χ0) is 22.5. The van der Waals surface area contributed by atoms with Gasteiger partial charge in [0.15, 0.2) is 23.0 Å². The molecule has 1 spiro atoms. The van der Waals surface area contributed by atoms with Gasteiger partial charge in [0.2, 0.25) is 11.6 Å². The summed E-state index contributed by atoms with van der Waals surface area (Å²) in [6.45, 7) is 2.83. The SMILES string of the molecule is COc1cc(C2=NN3C(C2)c2cccc(OC)c2OC32CCN(C(C)=O)CC2)ccc1O. The maximum atomic E-state index is 11.9. The first kappa shape index (κ1) is 20.5. The third-order valence-corrected chi connectivity index (χ3v) is 6.71. The van der Waals surface area contributed by atoms with Gasteiger partial charge in [-0.15, -0.1) is 0 Å². The third-order valence-electron chi connectivity index (χ3n) is 6.71. The number of ether oxygens (including phenoxy) is 3. The Balaban J connectivity index is 1.57. The number of benzene rings is 2. The largest absolute Gasteiger partial charge is 0.504 e. The Morgan fingerprint density at radius 2 is 1.91 bits per heavy atom. The molecule has 1 atom stereocenters. The van der Waals surface area contributed by atoms with Crippen LogP contribution in [-0.4, -0.2) is 59.7 Å². The number of amides is 1. The molecule has 168 valence electrons. The number of hydrogen-bond donors (Lipinski definition) is 1. The number of aromatic hydroxyl groups is 1. The van der Waals surface area contributed by atoms with Gasteiger partial charge in [0.05, 0.1) is 26.0 Å². The number of nitrogens with zero attached hydrogens (tertiary/aromatic N) is 3. The Morgan fingerprint density at radius 3 is 2.59 bits per heavy atom. The number of hydrazone groups is 1. The van der Waals surface area contributed by atoms with E-state index in [4.69, 9.17) is 19.3 Å². The van der Waals surface area contributed by atoms with Crippen molar-refractivity contribution >= 4 is 11.6 Å². The molecule has 1 N–H and O–H groups in total. The maximum Gasteiger partial charge on any atom is 0.219 e. The number of phenols is 1. The van der Waals surface area contributed by atoms with Crippen molar-refractivity contribution in [3.63, 3.8) is 0 Å². The Hall–Kier alpha value is -3.42. The van der Waals surface area contributed by atoms with Crippen LogP contribution in [0.2, 0.25) is 0 Å². The minimum atomic E-state index is -0.652. The number of hydrogen-bond acceptors (Lipinski definition) is 7. The van der Waals surface area contributed by atoms with Crippen LogP contribution in [-0.2, 0) is 4.79 Å². The highest BCUT2D eigenvalue weighted by atomic mass is 16.5. The summed E-state index contributed by atoms with van der Waals surface area (Å²) in [5.74, 6) is 2.05. The molecule has 1 fully saturated rings. The molecule has 3 aliphatic rings. The van der Waals surface area contributed by atoms with Crippen LogP contribution >= 0.6 is 0 Å². The lowest BCUT2D eigenvalue weighted by atomic mass is 9.90. The summed E-state index contributed by atoms with van der Waals surface area (Å²) in [5, 5.41) is 17.1. The zero-order valence-corrected chi connectivity index (χ0v) is 18.5. The van der Waals surface area contributed by atoms with Crippen molar-refractivity contribution in [1.82, 2.24) is 9.91 Å². The van der Waals surface area contributed by atoms with Crippen molar-refractivity contribution in [2.75, 3.05) is 27.3 Å². The third kappa shape index (κ3) is 3.13. The van der Waals surface area contributed by atoms with Gasteiger partial charge in [0.25, 0.3) is 0 Å². The fourth-order valence-corrected chi connectivity index (χ4v) is 4.96. The first-order chi connectivity index (χ1) is 15.5. The molecule has 0 aromatic heterocycles. The molecule has 8 nitrogen and oxygen atoms in total. The highest BCUT2D eigenvalue weighted by Crippen LogP contribution is 2.52. The molecule has 2 aromatic carbocycles. The highest BCUT2D eigenvalue weighted by Gasteiger charge is 2.52. The normalized spacial score (nSPS) is 20.8. The van der Waals surface area contributed by atoms with E-state index in [1.54, 1.807) is 20.1 Å². The Bertz CT molecular complexity index is 1090. The summed E-state index contributed by atoms with van der Waals surface area (Å²) in [7, 11) is 3.18. The van der Waals surface area contributed by atoms with Gasteiger partial charge < -0.3 is 24.2 Å². The highest BCUT2D eigenvalue weighted by molar-refractivity contribution is 6.02. The van der Waals surface area contributed by atoms with Gasteiger partial charge in [0.1, 0.15) is 0 Å². The van der Waals surface area contributed by atoms with Crippen LogP contribution in [0.5, 0.6) is 23.0 Å². The average Bonchev–Trinajstić information content (AvgIpc) is 3.26. The molecule has 8 heteroatoms. The van der Waals surface area contributed by atoms with Crippen LogP contribution in [0.3, 0.4) is 0 Å². The number of carbonyl (C=O) groups excluding carboxylic acids is 1. The first-order valence-electron chi connectivity index (χ1n) is 10.8. The van der Waals surface area contributed by atoms with Crippen molar-refractivity contribution in [2.45, 2.75) is 38.0 Å². The molecular formula is C24H27N3O5. The molecule has 1 amide bonds. The van der Waals surface area contributed by atoms with Crippen LogP contribution in [0.15, 0.2) is 41.5 Å². The number of carbonyl (C=O) groups is 1. The minimum absolute atomic E-state index is 0.00692. The monoisotopic (exact) mass is 437 g/mol. The lowest BCUT2D eigenvalue weighted by molar-refractivity contribution is -0.159. The molecule has 1 unspecified atom stereocenters. The smallest absolute Gasteiger partial charge is 0.219 e. The van der Waals surface area contributed by atoms with E-state index in [0.29, 0.717) is 43.9 Å². The average molecular weight is 437 g/mol. The molecule has 3 aliphatic heterocycles. The van der Waals surface area contributed by atoms with Gasteiger partial charge >= 0.3 is 0 Å². The molecule has 0 bridgehead atoms. The van der Waals surface area contributed by atoms with Crippen LogP contribution in [0.1, 0.15) is 43.4 Å². The lowest BCUT2D eigenvalue weighted by Gasteiger charge is -2.51. The summed E-state index contributed by atoms with van der Waals surface area (Å²) in [6, 6.07) is 11.2. The predicted molar refractivity (Wildman–Crippen MR) is 118 cm³/mol. The van der Waals surface area contributed by atoms with Gasteiger partial charge in [0, 0.05) is 50.4 Å². The zero-order valence-electron chi connectivity index (χ0n) is 18.5. The number of piperidine rings is 1. The van der Waals surface area contributed by atoms with E-state index in [9.17, 15) is 9.90 Å². The molecule has 2 aromatic rings. The number of likely N-dealkylation sites (tertiary alicyclic amines) is 1. The van der Waals surface area contributed by atoms with Crippen molar-refractivity contribution in [3.05, 3.63) is 47.5 Å². The van der Waals surface area contributed by atoms with Crippen molar-refractivity contribution < 1.29 is 24.1 Å². The quantitative estimate of drug-likeness (QED) is 0.793. The van der Waals surface area contributed by atoms with E-state index in [2.05, 4.69) is 11.1 Å². The van der Waals surface area contributed by atoms with E-state index in [0.717, 1.165) is 22.6 Å². The second kappa shape index (κ2) is 7.62. The first-order valence-corrected chi connectivity index (χ1v) is 10.8. The molecule has 0 saturated carbocycles. The number of methoxy groups -OCH3 is 2. The number of rotatable bonds is 3. The Labute approximate surface area is 187 Å². The number of para-hydroxylation sites is 1. The summed E-state index contributed by atoms with van der Waals surface area (Å²) < 4.78 is 17.6. The summed E-state index contributed by atoms with van der Waals surface area (Å²) in [5.41, 5.74) is 2.19. The van der Waals surface area contributed by atoms with E-state index < -0.39 is 5.72 Å². The summed E-state index contributed by atoms with van der Waals surface area (Å²) in [4.78, 5) is 13.8. The van der Waals surface area contributed by atoms with Crippen molar-refractivity contribution in [1.29, 1.82) is 0 Å². The van der Waals surface area contributed by atoms with Gasteiger partial charge in [-0.25, -0.2) is 5.01 Å². The standard InChI is InChI=1S/C24H27N3O5/c1-15(28)26-11-9-24(10-12-26)27-19(17-5-4-6-21(30-2)23(17)32-24)14-18(25-27)16-7-8-20(29)22(13-16)31-3/h4-8,13,19,29H,9-12,14H2,1-3H3. The van der Waals surface area contributed by atoms with Gasteiger partial charge in [-0.3, -0.25) is 4.79 Å². The second-order valence-corrected chi connectivity index (χ2v) is 8.43. The molecule has 32 heavy (non-hydrogen) atoms. The molecule has 1 saturated heterocycles.